The standard InChI is InChI=1S/C9H4F4N2S/c10-6-4-2-1-3-5(6)7-14-15-8(16-7)9(11,12)13/h1-4H. The lowest BCUT2D eigenvalue weighted by atomic mass is 10.2. The number of benzene rings is 1. The summed E-state index contributed by atoms with van der Waals surface area (Å²) < 4.78 is 49.9. The van der Waals surface area contributed by atoms with Crippen molar-refractivity contribution in [3.63, 3.8) is 0 Å². The van der Waals surface area contributed by atoms with E-state index in [0.29, 0.717) is 11.3 Å². The molecule has 0 atom stereocenters. The lowest BCUT2D eigenvalue weighted by Gasteiger charge is -1.98. The molecule has 1 heterocycles. The Hall–Kier alpha value is -1.50. The van der Waals surface area contributed by atoms with Crippen molar-refractivity contribution in [2.24, 2.45) is 0 Å². The Bertz CT molecular complexity index is 506. The summed E-state index contributed by atoms with van der Waals surface area (Å²) in [6.45, 7) is 0. The topological polar surface area (TPSA) is 25.8 Å². The van der Waals surface area contributed by atoms with Gasteiger partial charge in [-0.2, -0.15) is 13.2 Å². The van der Waals surface area contributed by atoms with E-state index in [-0.39, 0.29) is 10.6 Å². The van der Waals surface area contributed by atoms with Crippen LogP contribution in [-0.2, 0) is 6.18 Å². The summed E-state index contributed by atoms with van der Waals surface area (Å²) in [6.07, 6.45) is -4.54. The Morgan fingerprint density at radius 2 is 1.75 bits per heavy atom. The summed E-state index contributed by atoms with van der Waals surface area (Å²) in [5, 5.41) is 5.15. The van der Waals surface area contributed by atoms with Crippen LogP contribution >= 0.6 is 11.3 Å². The predicted molar refractivity (Wildman–Crippen MR) is 50.3 cm³/mol. The molecular weight excluding hydrogens is 244 g/mol. The van der Waals surface area contributed by atoms with Crippen molar-refractivity contribution in [1.82, 2.24) is 10.2 Å². The Kier molecular flexibility index (Phi) is 2.63. The molecule has 0 unspecified atom stereocenters. The molecule has 0 aliphatic rings. The summed E-state index contributed by atoms with van der Waals surface area (Å²) in [5.41, 5.74) is 0.0236. The maximum absolute atomic E-state index is 13.2. The highest BCUT2D eigenvalue weighted by molar-refractivity contribution is 7.14. The summed E-state index contributed by atoms with van der Waals surface area (Å²) in [4.78, 5) is 0. The molecule has 16 heavy (non-hydrogen) atoms. The zero-order valence-corrected chi connectivity index (χ0v) is 8.44. The van der Waals surface area contributed by atoms with Crippen LogP contribution in [0.3, 0.4) is 0 Å². The van der Waals surface area contributed by atoms with Gasteiger partial charge in [0.2, 0.25) is 5.01 Å². The average molecular weight is 248 g/mol. The smallest absolute Gasteiger partial charge is 0.206 e. The first-order chi connectivity index (χ1) is 7.48. The molecule has 0 bridgehead atoms. The first-order valence-corrected chi connectivity index (χ1v) is 4.96. The Labute approximate surface area is 91.6 Å². The zero-order chi connectivity index (χ0) is 11.8. The van der Waals surface area contributed by atoms with E-state index in [4.69, 9.17) is 0 Å². The third kappa shape index (κ3) is 2.04. The van der Waals surface area contributed by atoms with Gasteiger partial charge in [0.15, 0.2) is 5.01 Å². The minimum atomic E-state index is -4.54. The molecule has 2 aromatic rings. The van der Waals surface area contributed by atoms with Crippen LogP contribution in [0.5, 0.6) is 0 Å². The minimum Gasteiger partial charge on any atom is -0.206 e. The molecule has 0 aliphatic carbocycles. The number of nitrogens with zero attached hydrogens (tertiary/aromatic N) is 2. The summed E-state index contributed by atoms with van der Waals surface area (Å²) in [6, 6.07) is 5.48. The van der Waals surface area contributed by atoms with Gasteiger partial charge in [-0.3, -0.25) is 0 Å². The van der Waals surface area contributed by atoms with Crippen LogP contribution in [0.2, 0.25) is 0 Å². The molecule has 84 valence electrons. The number of aromatic nitrogens is 2. The van der Waals surface area contributed by atoms with Crippen LogP contribution in [0, 0.1) is 5.82 Å². The van der Waals surface area contributed by atoms with Gasteiger partial charge in [-0.1, -0.05) is 23.5 Å². The van der Waals surface area contributed by atoms with Crippen LogP contribution in [0.4, 0.5) is 17.6 Å². The number of hydrogen-bond donors (Lipinski definition) is 0. The lowest BCUT2D eigenvalue weighted by Crippen LogP contribution is -2.03. The highest BCUT2D eigenvalue weighted by Gasteiger charge is 2.35. The molecule has 1 aromatic heterocycles. The first kappa shape index (κ1) is 11.0. The maximum atomic E-state index is 13.2. The number of halogens is 4. The molecule has 2 rings (SSSR count). The second kappa shape index (κ2) is 3.82. The van der Waals surface area contributed by atoms with E-state index < -0.39 is 17.0 Å². The molecule has 0 spiro atoms. The van der Waals surface area contributed by atoms with E-state index in [0.717, 1.165) is 6.07 Å². The summed E-state index contributed by atoms with van der Waals surface area (Å²) in [7, 11) is 0. The second-order valence-electron chi connectivity index (χ2n) is 2.89. The molecule has 0 saturated carbocycles. The van der Waals surface area contributed by atoms with E-state index in [2.05, 4.69) is 10.2 Å². The van der Waals surface area contributed by atoms with E-state index >= 15 is 0 Å². The number of rotatable bonds is 1. The Morgan fingerprint density at radius 3 is 2.31 bits per heavy atom. The van der Waals surface area contributed by atoms with Crippen molar-refractivity contribution in [2.45, 2.75) is 6.18 Å². The molecule has 0 aliphatic heterocycles. The van der Waals surface area contributed by atoms with Gasteiger partial charge in [0.25, 0.3) is 0 Å². The second-order valence-corrected chi connectivity index (χ2v) is 3.87. The monoisotopic (exact) mass is 248 g/mol. The molecule has 1 aromatic carbocycles. The fraction of sp³-hybridized carbons (Fsp3) is 0.111. The van der Waals surface area contributed by atoms with Crippen LogP contribution in [0.1, 0.15) is 5.01 Å². The Morgan fingerprint density at radius 1 is 1.06 bits per heavy atom. The SMILES string of the molecule is Fc1ccccc1-c1nnc(C(F)(F)F)s1. The fourth-order valence-corrected chi connectivity index (χ4v) is 1.82. The van der Waals surface area contributed by atoms with Crippen LogP contribution < -0.4 is 0 Å². The van der Waals surface area contributed by atoms with E-state index in [1.54, 1.807) is 0 Å². The van der Waals surface area contributed by atoms with Gasteiger partial charge in [0, 0.05) is 5.56 Å². The van der Waals surface area contributed by atoms with Crippen LogP contribution in [0.25, 0.3) is 10.6 Å². The molecule has 0 fully saturated rings. The lowest BCUT2D eigenvalue weighted by molar-refractivity contribution is -0.138. The fourth-order valence-electron chi connectivity index (χ4n) is 1.08. The van der Waals surface area contributed by atoms with Gasteiger partial charge in [0.1, 0.15) is 5.82 Å². The van der Waals surface area contributed by atoms with Crippen LogP contribution in [0.15, 0.2) is 24.3 Å². The number of hydrogen-bond acceptors (Lipinski definition) is 3. The van der Waals surface area contributed by atoms with Gasteiger partial charge in [-0.05, 0) is 12.1 Å². The van der Waals surface area contributed by atoms with Gasteiger partial charge in [0.05, 0.1) is 0 Å². The van der Waals surface area contributed by atoms with Crippen molar-refractivity contribution in [2.75, 3.05) is 0 Å². The van der Waals surface area contributed by atoms with Gasteiger partial charge >= 0.3 is 6.18 Å². The highest BCUT2D eigenvalue weighted by Crippen LogP contribution is 2.35. The minimum absolute atomic E-state index is 0.0236. The third-order valence-electron chi connectivity index (χ3n) is 1.77. The maximum Gasteiger partial charge on any atom is 0.445 e. The molecule has 2 nitrogen and oxygen atoms in total. The van der Waals surface area contributed by atoms with Gasteiger partial charge in [-0.15, -0.1) is 10.2 Å². The predicted octanol–water partition coefficient (Wildman–Crippen LogP) is 3.36. The zero-order valence-electron chi connectivity index (χ0n) is 7.62. The van der Waals surface area contributed by atoms with Crippen molar-refractivity contribution in [3.8, 4) is 10.6 Å². The normalized spacial score (nSPS) is 11.8. The summed E-state index contributed by atoms with van der Waals surface area (Å²) in [5.74, 6) is -0.618. The molecule has 0 amide bonds. The van der Waals surface area contributed by atoms with E-state index in [9.17, 15) is 17.6 Å². The first-order valence-electron chi connectivity index (χ1n) is 4.14. The third-order valence-corrected chi connectivity index (χ3v) is 2.77. The molecule has 0 N–H and O–H groups in total. The van der Waals surface area contributed by atoms with Crippen molar-refractivity contribution in [1.29, 1.82) is 0 Å². The quantitative estimate of drug-likeness (QED) is 0.723. The molecule has 0 saturated heterocycles. The van der Waals surface area contributed by atoms with E-state index in [1.807, 2.05) is 0 Å². The van der Waals surface area contributed by atoms with Gasteiger partial charge in [-0.25, -0.2) is 4.39 Å². The van der Waals surface area contributed by atoms with Crippen molar-refractivity contribution < 1.29 is 17.6 Å². The average Bonchev–Trinajstić information content (AvgIpc) is 2.66. The largest absolute Gasteiger partial charge is 0.445 e. The number of alkyl halides is 3. The molecule has 0 radical (unpaired) electrons. The molecule has 7 heteroatoms. The van der Waals surface area contributed by atoms with Gasteiger partial charge < -0.3 is 0 Å². The van der Waals surface area contributed by atoms with Crippen molar-refractivity contribution in [3.05, 3.63) is 35.1 Å². The molecular formula is C9H4F4N2S. The summed E-state index contributed by atoms with van der Waals surface area (Å²) >= 11 is 0.320. The Balaban J connectivity index is 2.44. The van der Waals surface area contributed by atoms with E-state index in [1.165, 1.54) is 18.2 Å². The van der Waals surface area contributed by atoms with Crippen LogP contribution in [-0.4, -0.2) is 10.2 Å². The highest BCUT2D eigenvalue weighted by atomic mass is 32.1. The van der Waals surface area contributed by atoms with Crippen molar-refractivity contribution >= 4 is 11.3 Å².